The molecule has 0 spiro atoms. The standard InChI is InChI=1S/C14H21NO3/c1-10(16)11-7-5-6-8-12(11)15-13(17)9-14(2,3)18-4/h5-8,10,16H,9H2,1-4H3,(H,15,17). The molecule has 0 radical (unpaired) electrons. The number of hydrogen-bond acceptors (Lipinski definition) is 3. The molecule has 1 amide bonds. The van der Waals surface area contributed by atoms with Crippen LogP contribution in [0.1, 0.15) is 38.9 Å². The van der Waals surface area contributed by atoms with E-state index in [0.717, 1.165) is 0 Å². The van der Waals surface area contributed by atoms with Gasteiger partial charge in [-0.05, 0) is 26.8 Å². The molecule has 0 fully saturated rings. The van der Waals surface area contributed by atoms with Gasteiger partial charge < -0.3 is 15.2 Å². The Labute approximate surface area is 108 Å². The number of anilines is 1. The second-order valence-electron chi connectivity index (χ2n) is 4.95. The molecule has 4 nitrogen and oxygen atoms in total. The van der Waals surface area contributed by atoms with Gasteiger partial charge in [-0.25, -0.2) is 0 Å². The van der Waals surface area contributed by atoms with E-state index in [4.69, 9.17) is 4.74 Å². The molecule has 0 saturated carbocycles. The summed E-state index contributed by atoms with van der Waals surface area (Å²) in [6.45, 7) is 5.38. The Hall–Kier alpha value is -1.39. The van der Waals surface area contributed by atoms with Crippen LogP contribution < -0.4 is 5.32 Å². The number of carbonyl (C=O) groups excluding carboxylic acids is 1. The van der Waals surface area contributed by atoms with Crippen molar-refractivity contribution in [2.45, 2.75) is 38.9 Å². The highest BCUT2D eigenvalue weighted by Gasteiger charge is 2.21. The monoisotopic (exact) mass is 251 g/mol. The molecule has 1 aromatic carbocycles. The second kappa shape index (κ2) is 5.98. The Balaban J connectivity index is 2.76. The molecule has 0 aliphatic rings. The lowest BCUT2D eigenvalue weighted by molar-refractivity contribution is -0.121. The molecule has 0 heterocycles. The van der Waals surface area contributed by atoms with Gasteiger partial charge in [0, 0.05) is 18.4 Å². The fourth-order valence-corrected chi connectivity index (χ4v) is 1.63. The number of aliphatic hydroxyl groups excluding tert-OH is 1. The van der Waals surface area contributed by atoms with E-state index in [0.29, 0.717) is 11.3 Å². The number of para-hydroxylation sites is 1. The normalized spacial score (nSPS) is 13.2. The molecule has 0 aliphatic heterocycles. The van der Waals surface area contributed by atoms with Gasteiger partial charge in [-0.3, -0.25) is 4.79 Å². The summed E-state index contributed by atoms with van der Waals surface area (Å²) in [7, 11) is 1.58. The van der Waals surface area contributed by atoms with Crippen LogP contribution in [-0.4, -0.2) is 23.7 Å². The highest BCUT2D eigenvalue weighted by molar-refractivity contribution is 5.92. The van der Waals surface area contributed by atoms with Crippen LogP contribution in [0.4, 0.5) is 5.69 Å². The summed E-state index contributed by atoms with van der Waals surface area (Å²) in [4.78, 5) is 11.9. The zero-order valence-corrected chi connectivity index (χ0v) is 11.4. The predicted octanol–water partition coefficient (Wildman–Crippen LogP) is 2.49. The number of amides is 1. The van der Waals surface area contributed by atoms with E-state index in [9.17, 15) is 9.90 Å². The molecule has 100 valence electrons. The molecule has 4 heteroatoms. The minimum atomic E-state index is -0.614. The number of ether oxygens (including phenoxy) is 1. The first kappa shape index (κ1) is 14.7. The largest absolute Gasteiger partial charge is 0.389 e. The summed E-state index contributed by atoms with van der Waals surface area (Å²) in [5.41, 5.74) is 0.856. The quantitative estimate of drug-likeness (QED) is 0.845. The molecule has 0 aromatic heterocycles. The third-order valence-electron chi connectivity index (χ3n) is 2.82. The molecule has 0 bridgehead atoms. The summed E-state index contributed by atoms with van der Waals surface area (Å²) in [6.07, 6.45) is -0.352. The SMILES string of the molecule is COC(C)(C)CC(=O)Nc1ccccc1C(C)O. The lowest BCUT2D eigenvalue weighted by Crippen LogP contribution is -2.29. The number of benzene rings is 1. The lowest BCUT2D eigenvalue weighted by Gasteiger charge is -2.22. The first-order valence-corrected chi connectivity index (χ1v) is 5.98. The minimum absolute atomic E-state index is 0.130. The summed E-state index contributed by atoms with van der Waals surface area (Å²) in [6, 6.07) is 7.22. The summed E-state index contributed by atoms with van der Waals surface area (Å²) < 4.78 is 5.21. The van der Waals surface area contributed by atoms with Crippen molar-refractivity contribution < 1.29 is 14.6 Å². The van der Waals surface area contributed by atoms with Crippen LogP contribution in [0, 0.1) is 0 Å². The first-order valence-electron chi connectivity index (χ1n) is 5.98. The van der Waals surface area contributed by atoms with Crippen molar-refractivity contribution in [1.29, 1.82) is 0 Å². The predicted molar refractivity (Wildman–Crippen MR) is 71.4 cm³/mol. The van der Waals surface area contributed by atoms with Crippen LogP contribution in [0.2, 0.25) is 0 Å². The maximum Gasteiger partial charge on any atom is 0.227 e. The van der Waals surface area contributed by atoms with E-state index in [1.165, 1.54) is 0 Å². The molecule has 1 aromatic rings. The Morgan fingerprint density at radius 3 is 2.61 bits per heavy atom. The average molecular weight is 251 g/mol. The average Bonchev–Trinajstić information content (AvgIpc) is 2.28. The number of aliphatic hydroxyl groups is 1. The third-order valence-corrected chi connectivity index (χ3v) is 2.82. The minimum Gasteiger partial charge on any atom is -0.389 e. The van der Waals surface area contributed by atoms with Crippen molar-refractivity contribution in [1.82, 2.24) is 0 Å². The Kier molecular flexibility index (Phi) is 4.87. The fraction of sp³-hybridized carbons (Fsp3) is 0.500. The zero-order chi connectivity index (χ0) is 13.8. The molecule has 0 saturated heterocycles. The van der Waals surface area contributed by atoms with Crippen LogP contribution in [-0.2, 0) is 9.53 Å². The zero-order valence-electron chi connectivity index (χ0n) is 11.4. The summed E-state index contributed by atoms with van der Waals surface area (Å²) >= 11 is 0. The van der Waals surface area contributed by atoms with E-state index < -0.39 is 11.7 Å². The van der Waals surface area contributed by atoms with Gasteiger partial charge in [0.05, 0.1) is 18.1 Å². The number of methoxy groups -OCH3 is 1. The highest BCUT2D eigenvalue weighted by atomic mass is 16.5. The van der Waals surface area contributed by atoms with E-state index >= 15 is 0 Å². The van der Waals surface area contributed by atoms with Gasteiger partial charge in [0.1, 0.15) is 0 Å². The highest BCUT2D eigenvalue weighted by Crippen LogP contribution is 2.23. The van der Waals surface area contributed by atoms with Crippen molar-refractivity contribution in [2.24, 2.45) is 0 Å². The third kappa shape index (κ3) is 4.13. The van der Waals surface area contributed by atoms with Crippen LogP contribution in [0.5, 0.6) is 0 Å². The van der Waals surface area contributed by atoms with Gasteiger partial charge in [0.15, 0.2) is 0 Å². The smallest absolute Gasteiger partial charge is 0.227 e. The second-order valence-corrected chi connectivity index (χ2v) is 4.95. The summed E-state index contributed by atoms with van der Waals surface area (Å²) in [5, 5.41) is 12.4. The molecule has 1 rings (SSSR count). The Bertz CT molecular complexity index is 413. The van der Waals surface area contributed by atoms with E-state index in [1.807, 2.05) is 26.0 Å². The number of hydrogen-bond donors (Lipinski definition) is 2. The number of carbonyl (C=O) groups is 1. The maximum atomic E-state index is 11.9. The Morgan fingerprint density at radius 1 is 1.44 bits per heavy atom. The van der Waals surface area contributed by atoms with Crippen molar-refractivity contribution in [3.05, 3.63) is 29.8 Å². The van der Waals surface area contributed by atoms with Gasteiger partial charge in [-0.15, -0.1) is 0 Å². The molecular formula is C14H21NO3. The topological polar surface area (TPSA) is 58.6 Å². The Morgan fingerprint density at radius 2 is 2.06 bits per heavy atom. The first-order chi connectivity index (χ1) is 8.35. The van der Waals surface area contributed by atoms with Gasteiger partial charge in [0.25, 0.3) is 0 Å². The van der Waals surface area contributed by atoms with Crippen molar-refractivity contribution in [3.63, 3.8) is 0 Å². The van der Waals surface area contributed by atoms with Crippen molar-refractivity contribution in [2.75, 3.05) is 12.4 Å². The van der Waals surface area contributed by atoms with Crippen molar-refractivity contribution in [3.8, 4) is 0 Å². The van der Waals surface area contributed by atoms with Gasteiger partial charge >= 0.3 is 0 Å². The molecule has 18 heavy (non-hydrogen) atoms. The van der Waals surface area contributed by atoms with Crippen LogP contribution in [0.25, 0.3) is 0 Å². The van der Waals surface area contributed by atoms with Gasteiger partial charge in [-0.2, -0.15) is 0 Å². The number of nitrogens with one attached hydrogen (secondary N) is 1. The molecule has 1 atom stereocenters. The van der Waals surface area contributed by atoms with E-state index in [2.05, 4.69) is 5.32 Å². The van der Waals surface area contributed by atoms with E-state index in [-0.39, 0.29) is 12.3 Å². The van der Waals surface area contributed by atoms with Gasteiger partial charge in [0.2, 0.25) is 5.91 Å². The molecule has 2 N–H and O–H groups in total. The molecule has 1 unspecified atom stereocenters. The van der Waals surface area contributed by atoms with Crippen LogP contribution in [0.3, 0.4) is 0 Å². The van der Waals surface area contributed by atoms with Gasteiger partial charge in [-0.1, -0.05) is 18.2 Å². The lowest BCUT2D eigenvalue weighted by atomic mass is 10.0. The molecular weight excluding hydrogens is 230 g/mol. The number of rotatable bonds is 5. The van der Waals surface area contributed by atoms with Crippen LogP contribution >= 0.6 is 0 Å². The maximum absolute atomic E-state index is 11.9. The summed E-state index contributed by atoms with van der Waals surface area (Å²) in [5.74, 6) is -0.130. The van der Waals surface area contributed by atoms with Crippen LogP contribution in [0.15, 0.2) is 24.3 Å². The molecule has 0 aliphatic carbocycles. The van der Waals surface area contributed by atoms with E-state index in [1.54, 1.807) is 26.2 Å². The fourth-order valence-electron chi connectivity index (χ4n) is 1.63. The van der Waals surface area contributed by atoms with Crippen molar-refractivity contribution >= 4 is 11.6 Å².